The quantitative estimate of drug-likeness (QED) is 0.816. The summed E-state index contributed by atoms with van der Waals surface area (Å²) in [5.74, 6) is 1.59. The average molecular weight is 394 g/mol. The van der Waals surface area contributed by atoms with Crippen molar-refractivity contribution < 1.29 is 19.1 Å². The summed E-state index contributed by atoms with van der Waals surface area (Å²) in [7, 11) is 0. The molecule has 6 nitrogen and oxygen atoms in total. The van der Waals surface area contributed by atoms with Crippen molar-refractivity contribution in [2.45, 2.75) is 38.6 Å². The third-order valence-electron chi connectivity index (χ3n) is 5.41. The van der Waals surface area contributed by atoms with Crippen LogP contribution in [-0.2, 0) is 17.8 Å². The van der Waals surface area contributed by atoms with Crippen LogP contribution in [-0.4, -0.2) is 36.6 Å². The van der Waals surface area contributed by atoms with Crippen LogP contribution in [0.4, 0.5) is 0 Å². The van der Waals surface area contributed by atoms with Gasteiger partial charge in [0.1, 0.15) is 0 Å². The van der Waals surface area contributed by atoms with Gasteiger partial charge < -0.3 is 19.7 Å². The lowest BCUT2D eigenvalue weighted by Gasteiger charge is -2.26. The number of amides is 2. The molecule has 152 valence electrons. The van der Waals surface area contributed by atoms with Gasteiger partial charge in [-0.1, -0.05) is 18.2 Å². The minimum Gasteiger partial charge on any atom is -0.454 e. The largest absolute Gasteiger partial charge is 0.454 e. The fourth-order valence-electron chi connectivity index (χ4n) is 3.69. The molecule has 0 radical (unpaired) electrons. The second kappa shape index (κ2) is 8.99. The molecule has 6 heteroatoms. The maximum absolute atomic E-state index is 12.5. The Hall–Kier alpha value is -3.02. The molecule has 2 heterocycles. The summed E-state index contributed by atoms with van der Waals surface area (Å²) in [5, 5.41) is 2.94. The van der Waals surface area contributed by atoms with Crippen LogP contribution in [0.2, 0.25) is 0 Å². The SMILES string of the molecule is O=C(CCc1ccc2c(c1)OCO2)NCc1ccc(C(=O)N2CCCCC2)cc1. The van der Waals surface area contributed by atoms with Gasteiger partial charge in [-0.2, -0.15) is 0 Å². The number of carbonyl (C=O) groups is 2. The number of nitrogens with one attached hydrogen (secondary N) is 1. The van der Waals surface area contributed by atoms with Gasteiger partial charge >= 0.3 is 0 Å². The van der Waals surface area contributed by atoms with Crippen LogP contribution in [0.15, 0.2) is 42.5 Å². The zero-order valence-electron chi connectivity index (χ0n) is 16.5. The number of fused-ring (bicyclic) bond motifs is 1. The van der Waals surface area contributed by atoms with Crippen LogP contribution >= 0.6 is 0 Å². The summed E-state index contributed by atoms with van der Waals surface area (Å²) in [6.07, 6.45) is 4.43. The monoisotopic (exact) mass is 394 g/mol. The van der Waals surface area contributed by atoms with Gasteiger partial charge in [0, 0.05) is 31.6 Å². The number of piperidine rings is 1. The fraction of sp³-hybridized carbons (Fsp3) is 0.391. The Morgan fingerprint density at radius 2 is 1.62 bits per heavy atom. The maximum atomic E-state index is 12.5. The lowest BCUT2D eigenvalue weighted by molar-refractivity contribution is -0.121. The van der Waals surface area contributed by atoms with E-state index in [2.05, 4.69) is 5.32 Å². The molecule has 4 rings (SSSR count). The van der Waals surface area contributed by atoms with E-state index in [0.29, 0.717) is 24.9 Å². The number of nitrogens with zero attached hydrogens (tertiary/aromatic N) is 1. The Bertz CT molecular complexity index is 873. The molecule has 2 aromatic rings. The molecular weight excluding hydrogens is 368 g/mol. The summed E-state index contributed by atoms with van der Waals surface area (Å²) in [6.45, 7) is 2.40. The van der Waals surface area contributed by atoms with Crippen molar-refractivity contribution in [3.63, 3.8) is 0 Å². The molecule has 2 aliphatic heterocycles. The second-order valence-electron chi connectivity index (χ2n) is 7.51. The standard InChI is InChI=1S/C23H26N2O4/c26-22(11-7-17-6-10-20-21(14-17)29-16-28-20)24-15-18-4-8-19(9-5-18)23(27)25-12-2-1-3-13-25/h4-6,8-10,14H,1-3,7,11-13,15-16H2,(H,24,26). The number of hydrogen-bond donors (Lipinski definition) is 1. The number of benzene rings is 2. The molecule has 0 spiro atoms. The molecule has 0 atom stereocenters. The van der Waals surface area contributed by atoms with Crippen molar-refractivity contribution in [3.05, 3.63) is 59.2 Å². The van der Waals surface area contributed by atoms with E-state index in [4.69, 9.17) is 9.47 Å². The highest BCUT2D eigenvalue weighted by Gasteiger charge is 2.18. The van der Waals surface area contributed by atoms with E-state index in [1.807, 2.05) is 47.4 Å². The molecule has 1 saturated heterocycles. The molecule has 0 unspecified atom stereocenters. The second-order valence-corrected chi connectivity index (χ2v) is 7.51. The highest BCUT2D eigenvalue weighted by atomic mass is 16.7. The molecule has 0 saturated carbocycles. The molecule has 29 heavy (non-hydrogen) atoms. The van der Waals surface area contributed by atoms with E-state index in [-0.39, 0.29) is 18.6 Å². The van der Waals surface area contributed by atoms with Gasteiger partial charge in [-0.25, -0.2) is 0 Å². The van der Waals surface area contributed by atoms with Crippen molar-refractivity contribution in [1.29, 1.82) is 0 Å². The summed E-state index contributed by atoms with van der Waals surface area (Å²) in [6, 6.07) is 13.3. The van der Waals surface area contributed by atoms with E-state index in [1.165, 1.54) is 6.42 Å². The van der Waals surface area contributed by atoms with Crippen molar-refractivity contribution in [2.75, 3.05) is 19.9 Å². The molecule has 2 aliphatic rings. The van der Waals surface area contributed by atoms with Crippen LogP contribution < -0.4 is 14.8 Å². The smallest absolute Gasteiger partial charge is 0.253 e. The van der Waals surface area contributed by atoms with E-state index in [0.717, 1.165) is 48.6 Å². The van der Waals surface area contributed by atoms with Crippen molar-refractivity contribution in [1.82, 2.24) is 10.2 Å². The van der Waals surface area contributed by atoms with Gasteiger partial charge in [-0.15, -0.1) is 0 Å². The van der Waals surface area contributed by atoms with Gasteiger partial charge in [0.2, 0.25) is 12.7 Å². The van der Waals surface area contributed by atoms with Crippen LogP contribution in [0.25, 0.3) is 0 Å². The van der Waals surface area contributed by atoms with Crippen LogP contribution in [0, 0.1) is 0 Å². The molecular formula is C23H26N2O4. The van der Waals surface area contributed by atoms with Crippen molar-refractivity contribution in [2.24, 2.45) is 0 Å². The molecule has 2 amide bonds. The van der Waals surface area contributed by atoms with Gasteiger partial charge in [0.25, 0.3) is 5.91 Å². The summed E-state index contributed by atoms with van der Waals surface area (Å²) >= 11 is 0. The van der Waals surface area contributed by atoms with Crippen LogP contribution in [0.5, 0.6) is 11.5 Å². The predicted octanol–water partition coefficient (Wildman–Crippen LogP) is 3.29. The maximum Gasteiger partial charge on any atom is 0.253 e. The summed E-state index contributed by atoms with van der Waals surface area (Å²) in [4.78, 5) is 26.6. The van der Waals surface area contributed by atoms with E-state index in [1.54, 1.807) is 0 Å². The highest BCUT2D eigenvalue weighted by Crippen LogP contribution is 2.32. The van der Waals surface area contributed by atoms with Crippen molar-refractivity contribution in [3.8, 4) is 11.5 Å². The van der Waals surface area contributed by atoms with Gasteiger partial charge in [-0.3, -0.25) is 9.59 Å². The zero-order valence-corrected chi connectivity index (χ0v) is 16.5. The summed E-state index contributed by atoms with van der Waals surface area (Å²) < 4.78 is 10.7. The Morgan fingerprint density at radius 3 is 2.41 bits per heavy atom. The zero-order chi connectivity index (χ0) is 20.1. The first kappa shape index (κ1) is 19.3. The minimum atomic E-state index is -0.00358. The third-order valence-corrected chi connectivity index (χ3v) is 5.41. The molecule has 1 N–H and O–H groups in total. The number of hydrogen-bond acceptors (Lipinski definition) is 4. The Morgan fingerprint density at radius 1 is 0.897 bits per heavy atom. The Labute approximate surface area is 170 Å². The number of rotatable bonds is 6. The number of likely N-dealkylation sites (tertiary alicyclic amines) is 1. The van der Waals surface area contributed by atoms with Gasteiger partial charge in [0.15, 0.2) is 11.5 Å². The number of ether oxygens (including phenoxy) is 2. The van der Waals surface area contributed by atoms with E-state index < -0.39 is 0 Å². The molecule has 0 aromatic heterocycles. The predicted molar refractivity (Wildman–Crippen MR) is 109 cm³/mol. The Kier molecular flexibility index (Phi) is 5.98. The lowest BCUT2D eigenvalue weighted by atomic mass is 10.1. The molecule has 1 fully saturated rings. The first-order valence-corrected chi connectivity index (χ1v) is 10.2. The first-order valence-electron chi connectivity index (χ1n) is 10.2. The molecule has 2 aromatic carbocycles. The lowest BCUT2D eigenvalue weighted by Crippen LogP contribution is -2.35. The topological polar surface area (TPSA) is 67.9 Å². The Balaban J connectivity index is 1.23. The molecule has 0 aliphatic carbocycles. The van der Waals surface area contributed by atoms with Crippen LogP contribution in [0.3, 0.4) is 0 Å². The minimum absolute atomic E-state index is 0.00358. The number of aryl methyl sites for hydroxylation is 1. The third kappa shape index (κ3) is 4.88. The van der Waals surface area contributed by atoms with Gasteiger partial charge in [0.05, 0.1) is 0 Å². The van der Waals surface area contributed by atoms with Crippen LogP contribution in [0.1, 0.15) is 47.2 Å². The highest BCUT2D eigenvalue weighted by molar-refractivity contribution is 5.94. The van der Waals surface area contributed by atoms with Gasteiger partial charge in [-0.05, 0) is 61.1 Å². The average Bonchev–Trinajstić information content (AvgIpc) is 3.24. The first-order chi connectivity index (χ1) is 14.2. The van der Waals surface area contributed by atoms with E-state index in [9.17, 15) is 9.59 Å². The summed E-state index contributed by atoms with van der Waals surface area (Å²) in [5.41, 5.74) is 2.74. The fourth-order valence-corrected chi connectivity index (χ4v) is 3.69. The van der Waals surface area contributed by atoms with E-state index >= 15 is 0 Å². The normalized spacial score (nSPS) is 15.2. The molecule has 0 bridgehead atoms. The van der Waals surface area contributed by atoms with Crippen molar-refractivity contribution >= 4 is 11.8 Å². The number of carbonyl (C=O) groups excluding carboxylic acids is 2.